The number of carboxylic acid groups (broad SMARTS) is 1. The van der Waals surface area contributed by atoms with Crippen molar-refractivity contribution in [3.05, 3.63) is 192 Å². The summed E-state index contributed by atoms with van der Waals surface area (Å²) in [6, 6.07) is 39.8. The van der Waals surface area contributed by atoms with Gasteiger partial charge < -0.3 is 14.7 Å². The number of carboxylic acids is 1. The van der Waals surface area contributed by atoms with E-state index < -0.39 is 5.97 Å². The van der Waals surface area contributed by atoms with E-state index in [0.717, 1.165) is 65.6 Å². The molecule has 0 spiro atoms. The van der Waals surface area contributed by atoms with Crippen LogP contribution >= 0.6 is 22.9 Å². The Morgan fingerprint density at radius 1 is 0.806 bits per heavy atom. The second-order valence-electron chi connectivity index (χ2n) is 19.0. The van der Waals surface area contributed by atoms with Crippen molar-refractivity contribution in [1.82, 2.24) is 19.4 Å². The quantitative estimate of drug-likeness (QED) is 0.146. The van der Waals surface area contributed by atoms with Crippen LogP contribution in [0.2, 0.25) is 5.02 Å². The minimum absolute atomic E-state index is 0.00793. The van der Waals surface area contributed by atoms with Gasteiger partial charge in [-0.1, -0.05) is 96.5 Å². The van der Waals surface area contributed by atoms with Gasteiger partial charge in [0.25, 0.3) is 5.56 Å². The smallest absolute Gasteiger partial charge is 0.338 e. The van der Waals surface area contributed by atoms with E-state index in [4.69, 9.17) is 21.3 Å². The van der Waals surface area contributed by atoms with Crippen LogP contribution in [0, 0.1) is 13.8 Å². The molecule has 67 heavy (non-hydrogen) atoms. The molecule has 3 heterocycles. The third-order valence-electron chi connectivity index (χ3n) is 15.4. The molecule has 1 atom stereocenters. The zero-order valence-electron chi connectivity index (χ0n) is 37.7. The first-order chi connectivity index (χ1) is 32.6. The number of ether oxygens (including phenoxy) is 1. The van der Waals surface area contributed by atoms with E-state index in [0.29, 0.717) is 46.8 Å². The summed E-state index contributed by atoms with van der Waals surface area (Å²) in [6.45, 7) is 4.31. The Bertz CT molecular complexity index is 3320. The van der Waals surface area contributed by atoms with E-state index in [9.17, 15) is 14.7 Å². The summed E-state index contributed by atoms with van der Waals surface area (Å²) in [5, 5.41) is 12.0. The molecule has 1 unspecified atom stereocenters. The lowest BCUT2D eigenvalue weighted by molar-refractivity contribution is 0.0539. The molecule has 3 aromatic heterocycles. The molecular weight excluding hydrogens is 872 g/mol. The lowest BCUT2D eigenvalue weighted by Crippen LogP contribution is -2.57. The number of aryl methyl sites for hydroxylation is 3. The lowest BCUT2D eigenvalue weighted by atomic mass is 9.55. The molecule has 1 saturated carbocycles. The molecule has 4 aliphatic rings. The molecule has 0 saturated heterocycles. The summed E-state index contributed by atoms with van der Waals surface area (Å²) in [5.74, 6) is 0.252. The van der Waals surface area contributed by atoms with Crippen molar-refractivity contribution in [1.29, 1.82) is 0 Å². The van der Waals surface area contributed by atoms with Gasteiger partial charge in [0, 0.05) is 50.3 Å². The number of halogens is 1. The van der Waals surface area contributed by atoms with Gasteiger partial charge >= 0.3 is 5.97 Å². The van der Waals surface area contributed by atoms with Gasteiger partial charge in [0.15, 0.2) is 0 Å². The highest BCUT2D eigenvalue weighted by Crippen LogP contribution is 2.57. The first-order valence-corrected chi connectivity index (χ1v) is 24.6. The number of fused-ring (bicyclic) bond motifs is 8. The average molecular weight is 922 g/mol. The molecular formula is C57H49ClN4O4S. The van der Waals surface area contributed by atoms with Crippen LogP contribution in [0.1, 0.15) is 85.8 Å². The fourth-order valence-corrected chi connectivity index (χ4v) is 13.3. The molecule has 0 aliphatic heterocycles. The Morgan fingerprint density at radius 3 is 2.13 bits per heavy atom. The Labute approximate surface area is 398 Å². The predicted molar refractivity (Wildman–Crippen MR) is 267 cm³/mol. The maximum absolute atomic E-state index is 14.5. The second kappa shape index (κ2) is 16.1. The number of thiophene rings is 1. The van der Waals surface area contributed by atoms with Gasteiger partial charge in [0.1, 0.15) is 18.2 Å². The molecule has 5 aromatic carbocycles. The molecule has 0 amide bonds. The van der Waals surface area contributed by atoms with Crippen molar-refractivity contribution in [2.45, 2.75) is 82.8 Å². The van der Waals surface area contributed by atoms with E-state index in [-0.39, 0.29) is 29.2 Å². The van der Waals surface area contributed by atoms with Crippen molar-refractivity contribution in [3.8, 4) is 39.1 Å². The average Bonchev–Trinajstić information content (AvgIpc) is 4.04. The normalized spacial score (nSPS) is 16.6. The van der Waals surface area contributed by atoms with E-state index in [2.05, 4.69) is 102 Å². The van der Waals surface area contributed by atoms with Gasteiger partial charge in [0.2, 0.25) is 0 Å². The van der Waals surface area contributed by atoms with Crippen LogP contribution in [0.15, 0.2) is 119 Å². The first kappa shape index (κ1) is 42.0. The van der Waals surface area contributed by atoms with Gasteiger partial charge in [0.05, 0.1) is 28.0 Å². The van der Waals surface area contributed by atoms with E-state index in [1.165, 1.54) is 67.0 Å². The molecule has 8 nitrogen and oxygen atoms in total. The number of nitrogens with zero attached hydrogens (tertiary/aromatic N) is 4. The molecule has 0 radical (unpaired) electrons. The maximum atomic E-state index is 14.5. The summed E-state index contributed by atoms with van der Waals surface area (Å²) in [6.07, 6.45) is 6.34. The number of hydrogen-bond acceptors (Lipinski definition) is 7. The highest BCUT2D eigenvalue weighted by atomic mass is 35.5. The molecule has 1 fully saturated rings. The molecule has 12 rings (SSSR count). The third-order valence-corrected chi connectivity index (χ3v) is 16.7. The Hall–Kier alpha value is -6.39. The van der Waals surface area contributed by atoms with Crippen LogP contribution in [0.3, 0.4) is 0 Å². The number of rotatable bonds is 10. The number of hydrogen-bond donors (Lipinski definition) is 1. The zero-order chi connectivity index (χ0) is 45.7. The Morgan fingerprint density at radius 2 is 1.46 bits per heavy atom. The standard InChI is InChI=1S/C57H49ClN4O4S/c1-32-24-46(54-53(59-32)48(31-67-54)56(64)65)45-27-36(58)18-21-52(45)66-23-22-62-33(2)60-51-20-19-37(28-47(51)55(62)63)61(3)38-29-57(30-38,49-16-8-14-41-39-12-6-4-10-34(39)25-43(41)49)50-17-9-15-42-40-13-7-5-11-35(40)26-44(42)50/h4-18,21,24,27,31,37-38H,19-20,22-23,25-26,28-30H2,1-3H3,(H,64,65). The molecule has 0 bridgehead atoms. The molecule has 8 aromatic rings. The largest absolute Gasteiger partial charge is 0.491 e. The summed E-state index contributed by atoms with van der Waals surface area (Å²) in [5.41, 5.74) is 18.6. The maximum Gasteiger partial charge on any atom is 0.338 e. The van der Waals surface area contributed by atoms with E-state index in [1.807, 2.05) is 32.0 Å². The third kappa shape index (κ3) is 6.80. The van der Waals surface area contributed by atoms with Crippen LogP contribution in [-0.4, -0.2) is 56.2 Å². The molecule has 1 N–H and O–H groups in total. The van der Waals surface area contributed by atoms with Crippen LogP contribution in [0.25, 0.3) is 43.6 Å². The predicted octanol–water partition coefficient (Wildman–Crippen LogP) is 11.6. The first-order valence-electron chi connectivity index (χ1n) is 23.3. The summed E-state index contributed by atoms with van der Waals surface area (Å²) in [7, 11) is 2.29. The van der Waals surface area contributed by atoms with Crippen LogP contribution < -0.4 is 10.3 Å². The lowest BCUT2D eigenvalue weighted by Gasteiger charge is -2.55. The van der Waals surface area contributed by atoms with Gasteiger partial charge in [-0.2, -0.15) is 0 Å². The van der Waals surface area contributed by atoms with E-state index >= 15 is 0 Å². The van der Waals surface area contributed by atoms with Crippen LogP contribution in [0.4, 0.5) is 0 Å². The molecule has 4 aliphatic carbocycles. The van der Waals surface area contributed by atoms with Gasteiger partial charge in [-0.15, -0.1) is 11.3 Å². The zero-order valence-corrected chi connectivity index (χ0v) is 39.3. The number of pyridine rings is 1. The fraction of sp³-hybridized carbons (Fsp3) is 0.263. The van der Waals surface area contributed by atoms with Gasteiger partial charge in [-0.3, -0.25) is 14.3 Å². The Balaban J connectivity index is 0.810. The molecule has 334 valence electrons. The summed E-state index contributed by atoms with van der Waals surface area (Å²) < 4.78 is 8.97. The minimum atomic E-state index is -1.02. The van der Waals surface area contributed by atoms with Gasteiger partial charge in [-0.05, 0) is 146 Å². The second-order valence-corrected chi connectivity index (χ2v) is 20.3. The fourth-order valence-electron chi connectivity index (χ4n) is 12.1. The summed E-state index contributed by atoms with van der Waals surface area (Å²) >= 11 is 7.88. The van der Waals surface area contributed by atoms with Crippen molar-refractivity contribution in [3.63, 3.8) is 0 Å². The van der Waals surface area contributed by atoms with E-state index in [1.54, 1.807) is 16.0 Å². The van der Waals surface area contributed by atoms with Gasteiger partial charge in [-0.25, -0.2) is 9.78 Å². The van der Waals surface area contributed by atoms with Crippen molar-refractivity contribution in [2.24, 2.45) is 0 Å². The SMILES string of the molecule is Cc1cc(-c2cc(Cl)ccc2OCCn2c(C)nc3c(c2=O)CC(N(C)C2CC(c4cccc5c4Cc4ccccc4-5)(c4cccc5c4Cc4ccccc4-5)C2)CC3)c2scc(C(=O)O)c2n1. The number of aromatic carboxylic acids is 1. The monoisotopic (exact) mass is 920 g/mol. The highest BCUT2D eigenvalue weighted by molar-refractivity contribution is 7.18. The van der Waals surface area contributed by atoms with Crippen molar-refractivity contribution < 1.29 is 14.6 Å². The van der Waals surface area contributed by atoms with Crippen LogP contribution in [0.5, 0.6) is 5.75 Å². The molecule has 10 heteroatoms. The minimum Gasteiger partial charge on any atom is -0.491 e. The number of likely N-dealkylation sites (N-methyl/N-ethyl adjacent to an activating group) is 1. The highest BCUT2D eigenvalue weighted by Gasteiger charge is 2.52. The Kier molecular flexibility index (Phi) is 10.1. The topological polar surface area (TPSA) is 97.6 Å². The van der Waals surface area contributed by atoms with Crippen molar-refractivity contribution >= 4 is 39.1 Å². The number of aromatic nitrogens is 3. The summed E-state index contributed by atoms with van der Waals surface area (Å²) in [4.78, 5) is 38.7. The number of carbonyl (C=O) groups is 1. The number of benzene rings is 5. The van der Waals surface area contributed by atoms with Crippen LogP contribution in [-0.2, 0) is 37.6 Å². The van der Waals surface area contributed by atoms with Crippen molar-refractivity contribution in [2.75, 3.05) is 13.7 Å².